The maximum Gasteiger partial charge on any atom is 0.230 e. The molecule has 0 spiro atoms. The summed E-state index contributed by atoms with van der Waals surface area (Å²) in [5, 5.41) is 5.83. The fourth-order valence-corrected chi connectivity index (χ4v) is 5.59. The van der Waals surface area contributed by atoms with Crippen molar-refractivity contribution < 1.29 is 14.4 Å². The topological polar surface area (TPSA) is 75.3 Å². The molecular formula is C25H38N2O3S2. The Morgan fingerprint density at radius 2 is 1.75 bits per heavy atom. The van der Waals surface area contributed by atoms with Crippen molar-refractivity contribution in [1.29, 1.82) is 0 Å². The second kappa shape index (κ2) is 13.3. The van der Waals surface area contributed by atoms with E-state index >= 15 is 0 Å². The lowest BCUT2D eigenvalue weighted by Gasteiger charge is -2.36. The Labute approximate surface area is 201 Å². The van der Waals surface area contributed by atoms with E-state index < -0.39 is 6.04 Å². The van der Waals surface area contributed by atoms with Crippen molar-refractivity contribution in [3.05, 3.63) is 24.3 Å². The van der Waals surface area contributed by atoms with E-state index in [0.717, 1.165) is 60.9 Å². The lowest BCUT2D eigenvalue weighted by atomic mass is 9.69. The minimum atomic E-state index is -0.538. The second-order valence-corrected chi connectivity index (χ2v) is 11.2. The van der Waals surface area contributed by atoms with Gasteiger partial charge in [0.25, 0.3) is 0 Å². The highest BCUT2D eigenvalue weighted by Crippen LogP contribution is 2.42. The van der Waals surface area contributed by atoms with Crippen LogP contribution < -0.4 is 10.6 Å². The van der Waals surface area contributed by atoms with Gasteiger partial charge in [-0.15, -0.1) is 0 Å². The summed E-state index contributed by atoms with van der Waals surface area (Å²) in [6.45, 7) is 5.84. The van der Waals surface area contributed by atoms with Crippen molar-refractivity contribution in [1.82, 2.24) is 5.32 Å². The minimum Gasteiger partial charge on any atom is -0.346 e. The maximum atomic E-state index is 13.5. The SMILES string of the molecule is CSCCC(NC(C)=O)C(=O)Sc1ccccc1NC(=O)C1(CCC(C)C)CCCCC1. The summed E-state index contributed by atoms with van der Waals surface area (Å²) >= 11 is 2.74. The number of thioether (sulfide) groups is 2. The molecule has 1 aromatic carbocycles. The van der Waals surface area contributed by atoms with Gasteiger partial charge in [0.2, 0.25) is 16.9 Å². The summed E-state index contributed by atoms with van der Waals surface area (Å²) < 4.78 is 0. The molecular weight excluding hydrogens is 440 g/mol. The molecule has 2 rings (SSSR count). The van der Waals surface area contributed by atoms with Gasteiger partial charge in [0, 0.05) is 17.2 Å². The first-order valence-corrected chi connectivity index (χ1v) is 13.9. The van der Waals surface area contributed by atoms with Crippen LogP contribution in [0.2, 0.25) is 0 Å². The quantitative estimate of drug-likeness (QED) is 0.388. The van der Waals surface area contributed by atoms with Crippen LogP contribution in [0.4, 0.5) is 5.69 Å². The molecule has 5 nitrogen and oxygen atoms in total. The third-order valence-electron chi connectivity index (χ3n) is 6.11. The fourth-order valence-electron chi connectivity index (χ4n) is 4.21. The predicted octanol–water partition coefficient (Wildman–Crippen LogP) is 5.89. The van der Waals surface area contributed by atoms with Crippen LogP contribution in [0.5, 0.6) is 0 Å². The van der Waals surface area contributed by atoms with Crippen molar-refractivity contribution in [3.63, 3.8) is 0 Å². The third-order valence-corrected chi connectivity index (χ3v) is 7.82. The Morgan fingerprint density at radius 1 is 1.06 bits per heavy atom. The molecule has 1 aliphatic rings. The molecule has 178 valence electrons. The Kier molecular flexibility index (Phi) is 11.1. The van der Waals surface area contributed by atoms with Gasteiger partial charge in [0.15, 0.2) is 0 Å². The van der Waals surface area contributed by atoms with E-state index in [1.165, 1.54) is 13.3 Å². The van der Waals surface area contributed by atoms with Crippen LogP contribution in [0, 0.1) is 11.3 Å². The summed E-state index contributed by atoms with van der Waals surface area (Å²) in [5.41, 5.74) is 0.360. The Morgan fingerprint density at radius 3 is 2.38 bits per heavy atom. The molecule has 2 N–H and O–H groups in total. The van der Waals surface area contributed by atoms with Crippen molar-refractivity contribution in [2.24, 2.45) is 11.3 Å². The van der Waals surface area contributed by atoms with Gasteiger partial charge in [-0.25, -0.2) is 0 Å². The highest BCUT2D eigenvalue weighted by molar-refractivity contribution is 8.14. The van der Waals surface area contributed by atoms with E-state index in [1.54, 1.807) is 11.8 Å². The van der Waals surface area contributed by atoms with Crippen LogP contribution in [0.3, 0.4) is 0 Å². The smallest absolute Gasteiger partial charge is 0.230 e. The van der Waals surface area contributed by atoms with E-state index in [9.17, 15) is 14.4 Å². The Hall–Kier alpha value is -1.47. The van der Waals surface area contributed by atoms with Crippen molar-refractivity contribution >= 4 is 46.1 Å². The normalized spacial score (nSPS) is 16.4. The van der Waals surface area contributed by atoms with E-state index in [0.29, 0.717) is 18.0 Å². The number of rotatable bonds is 11. The molecule has 0 bridgehead atoms. The highest BCUT2D eigenvalue weighted by atomic mass is 32.2. The summed E-state index contributed by atoms with van der Waals surface area (Å²) in [7, 11) is 0. The Balaban J connectivity index is 2.16. The first kappa shape index (κ1) is 26.8. The average molecular weight is 479 g/mol. The molecule has 0 saturated heterocycles. The van der Waals surface area contributed by atoms with E-state index in [-0.39, 0.29) is 22.3 Å². The molecule has 1 unspecified atom stereocenters. The number of nitrogens with one attached hydrogen (secondary N) is 2. The van der Waals surface area contributed by atoms with E-state index in [1.807, 2.05) is 30.5 Å². The lowest BCUT2D eigenvalue weighted by molar-refractivity contribution is -0.128. The maximum absolute atomic E-state index is 13.5. The van der Waals surface area contributed by atoms with Crippen molar-refractivity contribution in [2.75, 3.05) is 17.3 Å². The number of anilines is 1. The standard InChI is InChI=1S/C25H38N2O3S2/c1-18(2)12-16-25(14-8-5-9-15-25)24(30)27-20-10-6-7-11-22(20)32-23(29)21(13-17-31-4)26-19(3)28/h6-7,10-11,18,21H,5,8-9,12-17H2,1-4H3,(H,26,28)(H,27,30). The van der Waals surface area contributed by atoms with Crippen molar-refractivity contribution in [2.45, 2.75) is 83.1 Å². The van der Waals surface area contributed by atoms with Gasteiger partial charge >= 0.3 is 0 Å². The van der Waals surface area contributed by atoms with Gasteiger partial charge in [0.05, 0.1) is 11.7 Å². The first-order valence-electron chi connectivity index (χ1n) is 11.7. The summed E-state index contributed by atoms with van der Waals surface area (Å²) in [5.74, 6) is 1.22. The zero-order valence-corrected chi connectivity index (χ0v) is 21.5. The van der Waals surface area contributed by atoms with Gasteiger partial charge in [-0.3, -0.25) is 14.4 Å². The molecule has 0 aromatic heterocycles. The monoisotopic (exact) mass is 478 g/mol. The number of hydrogen-bond acceptors (Lipinski definition) is 5. The predicted molar refractivity (Wildman–Crippen MR) is 136 cm³/mol. The van der Waals surface area contributed by atoms with Crippen LogP contribution in [0.25, 0.3) is 0 Å². The molecule has 1 saturated carbocycles. The van der Waals surface area contributed by atoms with E-state index in [4.69, 9.17) is 0 Å². The van der Waals surface area contributed by atoms with Crippen LogP contribution in [0.15, 0.2) is 29.2 Å². The molecule has 1 aromatic rings. The average Bonchev–Trinajstić information content (AvgIpc) is 2.76. The number of carbonyl (C=O) groups excluding carboxylic acids is 3. The summed E-state index contributed by atoms with van der Waals surface area (Å²) in [6.07, 6.45) is 9.74. The largest absolute Gasteiger partial charge is 0.346 e. The molecule has 0 aliphatic heterocycles. The van der Waals surface area contributed by atoms with Gasteiger partial charge in [-0.2, -0.15) is 11.8 Å². The van der Waals surface area contributed by atoms with E-state index in [2.05, 4.69) is 24.5 Å². The number of hydrogen-bond donors (Lipinski definition) is 2. The number of benzene rings is 1. The van der Waals surface area contributed by atoms with Crippen LogP contribution >= 0.6 is 23.5 Å². The highest BCUT2D eigenvalue weighted by Gasteiger charge is 2.39. The molecule has 7 heteroatoms. The molecule has 0 heterocycles. The first-order chi connectivity index (χ1) is 15.3. The molecule has 1 fully saturated rings. The van der Waals surface area contributed by atoms with Gasteiger partial charge in [-0.1, -0.05) is 45.2 Å². The number of amides is 2. The molecule has 2 amide bonds. The van der Waals surface area contributed by atoms with Crippen LogP contribution in [0.1, 0.15) is 72.1 Å². The summed E-state index contributed by atoms with van der Waals surface area (Å²) in [6, 6.07) is 6.94. The Bertz CT molecular complexity index is 776. The van der Waals surface area contributed by atoms with Crippen LogP contribution in [-0.2, 0) is 14.4 Å². The molecule has 1 aliphatic carbocycles. The lowest BCUT2D eigenvalue weighted by Crippen LogP contribution is -2.39. The zero-order valence-electron chi connectivity index (χ0n) is 19.9. The van der Waals surface area contributed by atoms with Gasteiger partial charge in [-0.05, 0) is 73.9 Å². The second-order valence-electron chi connectivity index (χ2n) is 9.18. The molecule has 32 heavy (non-hydrogen) atoms. The zero-order chi connectivity index (χ0) is 23.6. The summed E-state index contributed by atoms with van der Waals surface area (Å²) in [4.78, 5) is 38.7. The fraction of sp³-hybridized carbons (Fsp3) is 0.640. The van der Waals surface area contributed by atoms with Gasteiger partial charge < -0.3 is 10.6 Å². The van der Waals surface area contributed by atoms with Gasteiger partial charge in [0.1, 0.15) is 0 Å². The third kappa shape index (κ3) is 8.14. The minimum absolute atomic E-state index is 0.0825. The molecule has 0 radical (unpaired) electrons. The molecule has 1 atom stereocenters. The number of carbonyl (C=O) groups is 3. The number of para-hydroxylation sites is 1. The van der Waals surface area contributed by atoms with Crippen molar-refractivity contribution in [3.8, 4) is 0 Å². The van der Waals surface area contributed by atoms with Crippen LogP contribution in [-0.4, -0.2) is 35.0 Å².